The van der Waals surface area contributed by atoms with Gasteiger partial charge in [-0.25, -0.2) is 0 Å². The lowest BCUT2D eigenvalue weighted by Gasteiger charge is -2.16. The van der Waals surface area contributed by atoms with E-state index in [1.807, 2.05) is 6.92 Å². The highest BCUT2D eigenvalue weighted by Crippen LogP contribution is 2.15. The zero-order valence-electron chi connectivity index (χ0n) is 8.34. The summed E-state index contributed by atoms with van der Waals surface area (Å²) in [4.78, 5) is 0. The van der Waals surface area contributed by atoms with E-state index in [4.69, 9.17) is 9.84 Å². The standard InChI is InChI=1S/C10H20O2/c1-5-12-10(4)7-8(2)6-9(3)11/h8,10-11H,3,5-7H2,1-2,4H3. The maximum absolute atomic E-state index is 8.93. The van der Waals surface area contributed by atoms with Gasteiger partial charge in [-0.15, -0.1) is 0 Å². The van der Waals surface area contributed by atoms with Crippen LogP contribution in [-0.4, -0.2) is 17.8 Å². The molecular weight excluding hydrogens is 152 g/mol. The molecule has 0 aliphatic carbocycles. The molecule has 0 radical (unpaired) electrons. The van der Waals surface area contributed by atoms with Gasteiger partial charge in [0.25, 0.3) is 0 Å². The van der Waals surface area contributed by atoms with Gasteiger partial charge in [-0.3, -0.25) is 0 Å². The van der Waals surface area contributed by atoms with Crippen LogP contribution in [-0.2, 0) is 4.74 Å². The smallest absolute Gasteiger partial charge is 0.0853 e. The van der Waals surface area contributed by atoms with Crippen molar-refractivity contribution in [1.29, 1.82) is 0 Å². The van der Waals surface area contributed by atoms with E-state index in [2.05, 4.69) is 20.4 Å². The van der Waals surface area contributed by atoms with Crippen LogP contribution < -0.4 is 0 Å². The van der Waals surface area contributed by atoms with Crippen LogP contribution in [0.4, 0.5) is 0 Å². The van der Waals surface area contributed by atoms with Gasteiger partial charge < -0.3 is 9.84 Å². The van der Waals surface area contributed by atoms with Crippen LogP contribution in [0.1, 0.15) is 33.6 Å². The number of hydrogen-bond acceptors (Lipinski definition) is 2. The SMILES string of the molecule is C=C(O)CC(C)CC(C)OCC. The molecule has 0 aliphatic rings. The van der Waals surface area contributed by atoms with E-state index in [0.717, 1.165) is 13.0 Å². The number of allylic oxidation sites excluding steroid dienone is 1. The Morgan fingerprint density at radius 2 is 2.08 bits per heavy atom. The molecule has 0 saturated heterocycles. The highest BCUT2D eigenvalue weighted by atomic mass is 16.5. The fraction of sp³-hybridized carbons (Fsp3) is 0.800. The second kappa shape index (κ2) is 6.06. The number of rotatable bonds is 6. The Balaban J connectivity index is 3.53. The van der Waals surface area contributed by atoms with Gasteiger partial charge in [-0.2, -0.15) is 0 Å². The van der Waals surface area contributed by atoms with Gasteiger partial charge in [0.2, 0.25) is 0 Å². The Bertz CT molecular complexity index is 132. The van der Waals surface area contributed by atoms with Crippen molar-refractivity contribution in [1.82, 2.24) is 0 Å². The Morgan fingerprint density at radius 3 is 2.50 bits per heavy atom. The van der Waals surface area contributed by atoms with Gasteiger partial charge in [0.1, 0.15) is 0 Å². The van der Waals surface area contributed by atoms with E-state index in [9.17, 15) is 0 Å². The minimum atomic E-state index is 0.270. The molecule has 2 heteroatoms. The third kappa shape index (κ3) is 6.23. The van der Waals surface area contributed by atoms with E-state index in [-0.39, 0.29) is 11.9 Å². The second-order valence-electron chi connectivity index (χ2n) is 3.38. The normalized spacial score (nSPS) is 15.6. The summed E-state index contributed by atoms with van der Waals surface area (Å²) >= 11 is 0. The molecule has 2 atom stereocenters. The lowest BCUT2D eigenvalue weighted by molar-refractivity contribution is 0.0587. The van der Waals surface area contributed by atoms with Crippen molar-refractivity contribution in [2.45, 2.75) is 39.7 Å². The van der Waals surface area contributed by atoms with E-state index < -0.39 is 0 Å². The number of aliphatic hydroxyl groups is 1. The van der Waals surface area contributed by atoms with Crippen molar-refractivity contribution >= 4 is 0 Å². The zero-order valence-corrected chi connectivity index (χ0v) is 8.34. The molecule has 0 aliphatic heterocycles. The van der Waals surface area contributed by atoms with Crippen molar-refractivity contribution in [2.75, 3.05) is 6.61 Å². The van der Waals surface area contributed by atoms with Gasteiger partial charge in [0.15, 0.2) is 0 Å². The number of aliphatic hydroxyl groups excluding tert-OH is 1. The largest absolute Gasteiger partial charge is 0.513 e. The third-order valence-corrected chi connectivity index (χ3v) is 1.77. The molecule has 0 bridgehead atoms. The average Bonchev–Trinajstić information content (AvgIpc) is 1.84. The van der Waals surface area contributed by atoms with Crippen molar-refractivity contribution in [2.24, 2.45) is 5.92 Å². The fourth-order valence-electron chi connectivity index (χ4n) is 1.40. The summed E-state index contributed by atoms with van der Waals surface area (Å²) in [6.07, 6.45) is 1.94. The monoisotopic (exact) mass is 172 g/mol. The molecule has 0 fully saturated rings. The minimum absolute atomic E-state index is 0.270. The maximum atomic E-state index is 8.93. The maximum Gasteiger partial charge on any atom is 0.0853 e. The summed E-state index contributed by atoms with van der Waals surface area (Å²) in [5.74, 6) is 0.718. The van der Waals surface area contributed by atoms with Crippen LogP contribution in [0.3, 0.4) is 0 Å². The van der Waals surface area contributed by atoms with Crippen LogP contribution in [0, 0.1) is 5.92 Å². The second-order valence-corrected chi connectivity index (χ2v) is 3.38. The lowest BCUT2D eigenvalue weighted by atomic mass is 10.00. The molecule has 0 amide bonds. The van der Waals surface area contributed by atoms with Crippen molar-refractivity contribution in [3.05, 3.63) is 12.3 Å². The van der Waals surface area contributed by atoms with Crippen molar-refractivity contribution in [3.63, 3.8) is 0 Å². The Hall–Kier alpha value is -0.500. The highest BCUT2D eigenvalue weighted by molar-refractivity contribution is 4.81. The Kier molecular flexibility index (Phi) is 5.81. The van der Waals surface area contributed by atoms with Crippen LogP contribution in [0.25, 0.3) is 0 Å². The zero-order chi connectivity index (χ0) is 9.56. The first kappa shape index (κ1) is 11.5. The summed E-state index contributed by atoms with van der Waals surface area (Å²) in [5, 5.41) is 8.93. The summed E-state index contributed by atoms with van der Waals surface area (Å²) < 4.78 is 5.38. The predicted molar refractivity (Wildman–Crippen MR) is 51.3 cm³/mol. The van der Waals surface area contributed by atoms with E-state index in [1.165, 1.54) is 0 Å². The number of ether oxygens (including phenoxy) is 1. The molecule has 1 N–H and O–H groups in total. The Morgan fingerprint density at radius 1 is 1.50 bits per heavy atom. The van der Waals surface area contributed by atoms with Crippen LogP contribution >= 0.6 is 0 Å². The molecule has 0 heterocycles. The van der Waals surface area contributed by atoms with Crippen LogP contribution in [0.5, 0.6) is 0 Å². The summed E-state index contributed by atoms with van der Waals surface area (Å²) in [6, 6.07) is 0. The predicted octanol–water partition coefficient (Wildman–Crippen LogP) is 2.90. The minimum Gasteiger partial charge on any atom is -0.513 e. The summed E-state index contributed by atoms with van der Waals surface area (Å²) in [5.41, 5.74) is 0. The average molecular weight is 172 g/mol. The summed E-state index contributed by atoms with van der Waals surface area (Å²) in [6.45, 7) is 10.4. The molecule has 2 unspecified atom stereocenters. The molecule has 0 aromatic heterocycles. The molecule has 0 saturated carbocycles. The molecular formula is C10H20O2. The van der Waals surface area contributed by atoms with E-state index in [0.29, 0.717) is 12.3 Å². The molecule has 0 spiro atoms. The fourth-order valence-corrected chi connectivity index (χ4v) is 1.40. The van der Waals surface area contributed by atoms with Crippen LogP contribution in [0.15, 0.2) is 12.3 Å². The first-order valence-electron chi connectivity index (χ1n) is 4.54. The van der Waals surface area contributed by atoms with Gasteiger partial charge in [0.05, 0.1) is 11.9 Å². The van der Waals surface area contributed by atoms with E-state index >= 15 is 0 Å². The molecule has 0 aromatic carbocycles. The van der Waals surface area contributed by atoms with Crippen LogP contribution in [0.2, 0.25) is 0 Å². The quantitative estimate of drug-likeness (QED) is 0.624. The molecule has 0 aromatic rings. The van der Waals surface area contributed by atoms with Crippen molar-refractivity contribution in [3.8, 4) is 0 Å². The molecule has 12 heavy (non-hydrogen) atoms. The molecule has 0 rings (SSSR count). The van der Waals surface area contributed by atoms with Crippen molar-refractivity contribution < 1.29 is 9.84 Å². The molecule has 72 valence electrons. The van der Waals surface area contributed by atoms with Gasteiger partial charge in [-0.1, -0.05) is 13.5 Å². The summed E-state index contributed by atoms with van der Waals surface area (Å²) in [7, 11) is 0. The number of hydrogen-bond donors (Lipinski definition) is 1. The Labute approximate surface area is 75.2 Å². The van der Waals surface area contributed by atoms with Gasteiger partial charge >= 0.3 is 0 Å². The first-order chi connectivity index (χ1) is 5.56. The lowest BCUT2D eigenvalue weighted by Crippen LogP contribution is -2.12. The molecule has 2 nitrogen and oxygen atoms in total. The van der Waals surface area contributed by atoms with E-state index in [1.54, 1.807) is 0 Å². The van der Waals surface area contributed by atoms with Gasteiger partial charge in [0, 0.05) is 13.0 Å². The topological polar surface area (TPSA) is 29.5 Å². The first-order valence-corrected chi connectivity index (χ1v) is 4.54. The highest BCUT2D eigenvalue weighted by Gasteiger charge is 2.09. The third-order valence-electron chi connectivity index (χ3n) is 1.77. The van der Waals surface area contributed by atoms with Gasteiger partial charge in [-0.05, 0) is 26.2 Å².